The minimum Gasteiger partial charge on any atom is -0.497 e. The largest absolute Gasteiger partial charge is 0.497 e. The Morgan fingerprint density at radius 2 is 1.59 bits per heavy atom. The molecule has 0 aromatic carbocycles. The maximum Gasteiger partial charge on any atom is 0.107 e. The maximum atomic E-state index is 5.93. The van der Waals surface area contributed by atoms with E-state index in [0.29, 0.717) is 5.92 Å². The lowest BCUT2D eigenvalue weighted by atomic mass is 9.69. The molecule has 3 heteroatoms. The van der Waals surface area contributed by atoms with Crippen molar-refractivity contribution in [2.24, 2.45) is 35.5 Å². The molecule has 0 amide bonds. The summed E-state index contributed by atoms with van der Waals surface area (Å²) < 4.78 is 17.0. The van der Waals surface area contributed by atoms with Gasteiger partial charge in [-0.15, -0.1) is 0 Å². The van der Waals surface area contributed by atoms with Gasteiger partial charge in [0.2, 0.25) is 0 Å². The Morgan fingerprint density at radius 3 is 2.38 bits per heavy atom. The Labute approximate surface area is 209 Å². The van der Waals surface area contributed by atoms with E-state index in [9.17, 15) is 0 Å². The smallest absolute Gasteiger partial charge is 0.107 e. The normalized spacial score (nSPS) is 38.4. The van der Waals surface area contributed by atoms with Crippen molar-refractivity contribution in [2.45, 2.75) is 112 Å². The van der Waals surface area contributed by atoms with Crippen LogP contribution in [0.2, 0.25) is 0 Å². The van der Waals surface area contributed by atoms with Gasteiger partial charge in [0.15, 0.2) is 0 Å². The molecule has 0 N–H and O–H groups in total. The van der Waals surface area contributed by atoms with Crippen LogP contribution in [0.3, 0.4) is 0 Å². The molecule has 7 unspecified atom stereocenters. The second-order valence-electron chi connectivity index (χ2n) is 12.8. The number of rotatable bonds is 0. The molecule has 7 atom stereocenters. The van der Waals surface area contributed by atoms with E-state index in [2.05, 4.69) is 48.5 Å². The highest BCUT2D eigenvalue weighted by molar-refractivity contribution is 5.29. The first-order valence-corrected chi connectivity index (χ1v) is 14.2. The summed E-state index contributed by atoms with van der Waals surface area (Å²) in [6, 6.07) is 0. The molecule has 0 radical (unpaired) electrons. The zero-order chi connectivity index (χ0) is 24.5. The molecule has 6 rings (SSSR count). The van der Waals surface area contributed by atoms with Crippen LogP contribution in [0, 0.1) is 42.4 Å². The van der Waals surface area contributed by atoms with Crippen LogP contribution < -0.4 is 0 Å². The molecular weight excluding hydrogens is 420 g/mol. The second-order valence-corrected chi connectivity index (χ2v) is 12.8. The maximum absolute atomic E-state index is 5.93. The lowest BCUT2D eigenvalue weighted by molar-refractivity contribution is -0.0429. The SMILES string of the molecule is CC1CCC2=C(C1)OCC2C.CC1CCC2C(C)COC2(C)C1.Cc1coc2c1CCC(C)C2. The van der Waals surface area contributed by atoms with Crippen LogP contribution in [0.25, 0.3) is 0 Å². The standard InChI is InChI=1S/C11H20O.C10H16O.C10H14O/c1-8-4-5-10-9(2)7-12-11(10,3)6-8;2*1-7-3-4-9-8(2)6-11-10(9)5-7/h8-10H,4-7H2,1-3H3;7-8H,3-6H2,1-2H3;6-7H,3-5H2,1-2H3. The molecule has 3 nitrogen and oxygen atoms in total. The van der Waals surface area contributed by atoms with Crippen LogP contribution in [0.5, 0.6) is 0 Å². The topological polar surface area (TPSA) is 31.6 Å². The highest BCUT2D eigenvalue weighted by Gasteiger charge is 2.47. The van der Waals surface area contributed by atoms with Crippen molar-refractivity contribution in [3.63, 3.8) is 0 Å². The first-order valence-electron chi connectivity index (χ1n) is 14.2. The van der Waals surface area contributed by atoms with Gasteiger partial charge in [0.05, 0.1) is 30.8 Å². The number of fused-ring (bicyclic) bond motifs is 2. The number of aryl methyl sites for hydroxylation is 1. The Balaban J connectivity index is 0.000000121. The highest BCUT2D eigenvalue weighted by atomic mass is 16.5. The summed E-state index contributed by atoms with van der Waals surface area (Å²) in [5, 5.41) is 0. The third kappa shape index (κ3) is 5.77. The Bertz CT molecular complexity index is 851. The third-order valence-electron chi connectivity index (χ3n) is 9.38. The second kappa shape index (κ2) is 10.8. The third-order valence-corrected chi connectivity index (χ3v) is 9.38. The lowest BCUT2D eigenvalue weighted by Crippen LogP contribution is -2.38. The van der Waals surface area contributed by atoms with Crippen molar-refractivity contribution in [2.75, 3.05) is 13.2 Å². The van der Waals surface area contributed by atoms with E-state index in [1.54, 1.807) is 5.57 Å². The number of allylic oxidation sites excluding steroid dienone is 1. The van der Waals surface area contributed by atoms with E-state index in [-0.39, 0.29) is 5.60 Å². The van der Waals surface area contributed by atoms with Crippen LogP contribution >= 0.6 is 0 Å². The quantitative estimate of drug-likeness (QED) is 0.382. The van der Waals surface area contributed by atoms with Gasteiger partial charge in [-0.3, -0.25) is 0 Å². The fourth-order valence-electron chi connectivity index (χ4n) is 7.13. The lowest BCUT2D eigenvalue weighted by Gasteiger charge is -2.39. The van der Waals surface area contributed by atoms with Gasteiger partial charge < -0.3 is 13.9 Å². The molecule has 1 saturated carbocycles. The average molecular weight is 471 g/mol. The molecule has 5 aliphatic rings. The summed E-state index contributed by atoms with van der Waals surface area (Å²) in [7, 11) is 0. The van der Waals surface area contributed by atoms with E-state index in [1.807, 2.05) is 6.26 Å². The molecule has 2 aliphatic heterocycles. The molecule has 2 fully saturated rings. The minimum atomic E-state index is 0.233. The van der Waals surface area contributed by atoms with Gasteiger partial charge in [-0.2, -0.15) is 0 Å². The van der Waals surface area contributed by atoms with Gasteiger partial charge in [0, 0.05) is 18.8 Å². The van der Waals surface area contributed by atoms with E-state index in [1.165, 1.54) is 74.0 Å². The van der Waals surface area contributed by atoms with E-state index < -0.39 is 0 Å². The van der Waals surface area contributed by atoms with Crippen molar-refractivity contribution in [1.82, 2.24) is 0 Å². The summed E-state index contributed by atoms with van der Waals surface area (Å²) in [5.74, 6) is 7.44. The molecular formula is C31H50O3. The van der Waals surface area contributed by atoms with Gasteiger partial charge in [0.25, 0.3) is 0 Å². The zero-order valence-electron chi connectivity index (χ0n) is 23.0. The van der Waals surface area contributed by atoms with Crippen molar-refractivity contribution in [3.8, 4) is 0 Å². The number of hydrogen-bond donors (Lipinski definition) is 0. The van der Waals surface area contributed by atoms with Crippen LogP contribution in [-0.4, -0.2) is 18.8 Å². The Kier molecular flexibility index (Phi) is 8.22. The fourth-order valence-corrected chi connectivity index (χ4v) is 7.13. The van der Waals surface area contributed by atoms with Crippen molar-refractivity contribution < 1.29 is 13.9 Å². The van der Waals surface area contributed by atoms with Crippen molar-refractivity contribution >= 4 is 0 Å². The molecule has 0 spiro atoms. The summed E-state index contributed by atoms with van der Waals surface area (Å²) in [5.41, 5.74) is 4.66. The van der Waals surface area contributed by atoms with Crippen LogP contribution in [0.1, 0.15) is 103 Å². The van der Waals surface area contributed by atoms with Crippen molar-refractivity contribution in [3.05, 3.63) is 34.5 Å². The molecule has 1 saturated heterocycles. The van der Waals surface area contributed by atoms with E-state index in [4.69, 9.17) is 13.9 Å². The molecule has 1 aromatic heterocycles. The fraction of sp³-hybridized carbons (Fsp3) is 0.806. The molecule has 0 bridgehead atoms. The van der Waals surface area contributed by atoms with Gasteiger partial charge in [-0.1, -0.05) is 41.0 Å². The zero-order valence-corrected chi connectivity index (χ0v) is 23.0. The molecule has 3 heterocycles. The minimum absolute atomic E-state index is 0.233. The number of furan rings is 1. The molecule has 34 heavy (non-hydrogen) atoms. The number of hydrogen-bond acceptors (Lipinski definition) is 3. The summed E-state index contributed by atoms with van der Waals surface area (Å²) in [6.07, 6.45) is 13.5. The van der Waals surface area contributed by atoms with Gasteiger partial charge in [-0.25, -0.2) is 0 Å². The summed E-state index contributed by atoms with van der Waals surface area (Å²) >= 11 is 0. The van der Waals surface area contributed by atoms with E-state index in [0.717, 1.165) is 49.2 Å². The summed E-state index contributed by atoms with van der Waals surface area (Å²) in [4.78, 5) is 0. The first kappa shape index (κ1) is 25.9. The van der Waals surface area contributed by atoms with Crippen LogP contribution in [0.4, 0.5) is 0 Å². The van der Waals surface area contributed by atoms with Crippen molar-refractivity contribution in [1.29, 1.82) is 0 Å². The summed E-state index contributed by atoms with van der Waals surface area (Å²) in [6.45, 7) is 18.0. The Morgan fingerprint density at radius 1 is 0.853 bits per heavy atom. The first-order chi connectivity index (χ1) is 16.2. The van der Waals surface area contributed by atoms with Gasteiger partial charge in [-0.05, 0) is 98.7 Å². The van der Waals surface area contributed by atoms with Crippen LogP contribution in [0.15, 0.2) is 22.0 Å². The molecule has 192 valence electrons. The average Bonchev–Trinajstić information content (AvgIpc) is 3.44. The predicted octanol–water partition coefficient (Wildman–Crippen LogP) is 8.29. The number of ether oxygens (including phenoxy) is 2. The monoisotopic (exact) mass is 470 g/mol. The molecule has 1 aromatic rings. The predicted molar refractivity (Wildman–Crippen MR) is 140 cm³/mol. The molecule has 3 aliphatic carbocycles. The highest BCUT2D eigenvalue weighted by Crippen LogP contribution is 2.47. The van der Waals surface area contributed by atoms with Crippen LogP contribution in [-0.2, 0) is 22.3 Å². The Hall–Kier alpha value is -1.22. The van der Waals surface area contributed by atoms with Gasteiger partial charge in [0.1, 0.15) is 5.76 Å². The van der Waals surface area contributed by atoms with Gasteiger partial charge >= 0.3 is 0 Å². The van der Waals surface area contributed by atoms with E-state index >= 15 is 0 Å².